The number of rotatable bonds is 12. The number of hydrogen-bond donors (Lipinski definition) is 11. The lowest BCUT2D eigenvalue weighted by atomic mass is 9.96. The molecule has 19 nitrogen and oxygen atoms in total. The summed E-state index contributed by atoms with van der Waals surface area (Å²) in [5, 5.41) is 113. The van der Waals surface area contributed by atoms with Crippen molar-refractivity contribution in [1.82, 2.24) is 0 Å². The second-order valence-corrected chi connectivity index (χ2v) is 12.8. The SMILES string of the molecule is C[C@@H]1O[C@@H](O[C@H]2[C@H](O)[C@@H](COC(=O)/C=C/c3ccc(O)c(O)c3)O[C@@H](OCCc3ccc(O)c(O)c3)[C@@H]2O[C@H]2OC[C@@H](O)[C@@H](O)[C@@H]2O)[C@H](O)[C@H](O)[C@H]1O. The van der Waals surface area contributed by atoms with Crippen LogP contribution in [0.5, 0.6) is 23.0 Å². The molecule has 0 aliphatic carbocycles. The first-order chi connectivity index (χ1) is 25.1. The lowest BCUT2D eigenvalue weighted by Gasteiger charge is -2.48. The Kier molecular flexibility index (Phi) is 13.5. The van der Waals surface area contributed by atoms with Gasteiger partial charge >= 0.3 is 5.97 Å². The van der Waals surface area contributed by atoms with Crippen molar-refractivity contribution in [2.45, 2.75) is 99.4 Å². The van der Waals surface area contributed by atoms with Crippen molar-refractivity contribution in [3.63, 3.8) is 0 Å². The maximum Gasteiger partial charge on any atom is 0.330 e. The largest absolute Gasteiger partial charge is 0.504 e. The molecule has 0 radical (unpaired) electrons. The molecule has 294 valence electrons. The van der Waals surface area contributed by atoms with Gasteiger partial charge in [0.2, 0.25) is 0 Å². The van der Waals surface area contributed by atoms with Gasteiger partial charge in [-0.25, -0.2) is 4.79 Å². The van der Waals surface area contributed by atoms with Crippen LogP contribution >= 0.6 is 0 Å². The normalized spacial score (nSPS) is 36.4. The van der Waals surface area contributed by atoms with E-state index in [1.165, 1.54) is 49.4 Å². The van der Waals surface area contributed by atoms with E-state index in [-0.39, 0.29) is 30.3 Å². The molecule has 2 aromatic carbocycles. The maximum atomic E-state index is 12.7. The first-order valence-corrected chi connectivity index (χ1v) is 16.6. The van der Waals surface area contributed by atoms with E-state index in [0.717, 1.165) is 6.08 Å². The van der Waals surface area contributed by atoms with Crippen molar-refractivity contribution >= 4 is 12.0 Å². The number of esters is 1. The van der Waals surface area contributed by atoms with Crippen molar-refractivity contribution in [3.8, 4) is 23.0 Å². The molecule has 0 spiro atoms. The summed E-state index contributed by atoms with van der Waals surface area (Å²) < 4.78 is 40.2. The van der Waals surface area contributed by atoms with Crippen molar-refractivity contribution in [3.05, 3.63) is 53.6 Å². The highest BCUT2D eigenvalue weighted by Crippen LogP contribution is 2.34. The van der Waals surface area contributed by atoms with Crippen molar-refractivity contribution in [2.24, 2.45) is 0 Å². The number of benzene rings is 2. The van der Waals surface area contributed by atoms with E-state index >= 15 is 0 Å². The van der Waals surface area contributed by atoms with Gasteiger partial charge in [-0.2, -0.15) is 0 Å². The second kappa shape index (κ2) is 17.6. The molecule has 0 saturated carbocycles. The Morgan fingerprint density at radius 2 is 1.40 bits per heavy atom. The van der Waals surface area contributed by atoms with Gasteiger partial charge in [-0.05, 0) is 54.8 Å². The Hall–Kier alpha value is -3.67. The summed E-state index contributed by atoms with van der Waals surface area (Å²) in [5.74, 6) is -2.44. The fourth-order valence-corrected chi connectivity index (χ4v) is 5.84. The second-order valence-electron chi connectivity index (χ2n) is 12.8. The molecule has 53 heavy (non-hydrogen) atoms. The highest BCUT2D eigenvalue weighted by atomic mass is 16.8. The Morgan fingerprint density at radius 1 is 0.736 bits per heavy atom. The Labute approximate surface area is 302 Å². The van der Waals surface area contributed by atoms with E-state index in [0.29, 0.717) is 11.1 Å². The summed E-state index contributed by atoms with van der Waals surface area (Å²) in [4.78, 5) is 12.7. The van der Waals surface area contributed by atoms with Crippen LogP contribution in [0.25, 0.3) is 6.08 Å². The van der Waals surface area contributed by atoms with Gasteiger partial charge in [0, 0.05) is 6.08 Å². The minimum absolute atomic E-state index is 0.116. The van der Waals surface area contributed by atoms with Crippen molar-refractivity contribution in [2.75, 3.05) is 19.8 Å². The van der Waals surface area contributed by atoms with E-state index < -0.39 is 111 Å². The van der Waals surface area contributed by atoms with Crippen LogP contribution in [0.15, 0.2) is 42.5 Å². The van der Waals surface area contributed by atoms with Crippen LogP contribution in [0.4, 0.5) is 0 Å². The lowest BCUT2D eigenvalue weighted by Crippen LogP contribution is -2.66. The molecule has 3 aliphatic heterocycles. The predicted molar refractivity (Wildman–Crippen MR) is 174 cm³/mol. The van der Waals surface area contributed by atoms with Crippen molar-refractivity contribution < 1.29 is 94.1 Å². The van der Waals surface area contributed by atoms with E-state index in [2.05, 4.69) is 0 Å². The number of aliphatic hydroxyl groups excluding tert-OH is 7. The number of aromatic hydroxyl groups is 4. The third-order valence-electron chi connectivity index (χ3n) is 8.98. The van der Waals surface area contributed by atoms with Crippen LogP contribution in [0.1, 0.15) is 18.1 Å². The Bertz CT molecular complexity index is 1560. The van der Waals surface area contributed by atoms with Crippen LogP contribution < -0.4 is 0 Å². The predicted octanol–water partition coefficient (Wildman–Crippen LogP) is -2.55. The van der Waals surface area contributed by atoms with Gasteiger partial charge in [0.1, 0.15) is 67.6 Å². The van der Waals surface area contributed by atoms with Gasteiger partial charge in [0.25, 0.3) is 0 Å². The van der Waals surface area contributed by atoms with Gasteiger partial charge in [0.15, 0.2) is 41.9 Å². The summed E-state index contributed by atoms with van der Waals surface area (Å²) >= 11 is 0. The van der Waals surface area contributed by atoms with Gasteiger partial charge in [-0.15, -0.1) is 0 Å². The fourth-order valence-electron chi connectivity index (χ4n) is 5.84. The molecule has 19 heteroatoms. The first-order valence-electron chi connectivity index (χ1n) is 16.6. The molecule has 0 bridgehead atoms. The van der Waals surface area contributed by atoms with E-state index in [1.54, 1.807) is 0 Å². The van der Waals surface area contributed by atoms with Gasteiger partial charge in [0.05, 0.1) is 19.3 Å². The van der Waals surface area contributed by atoms with E-state index in [1.807, 2.05) is 0 Å². The highest BCUT2D eigenvalue weighted by Gasteiger charge is 2.53. The first kappa shape index (κ1) is 40.5. The van der Waals surface area contributed by atoms with Crippen LogP contribution in [0.2, 0.25) is 0 Å². The minimum Gasteiger partial charge on any atom is -0.504 e. The van der Waals surface area contributed by atoms with Crippen molar-refractivity contribution in [1.29, 1.82) is 0 Å². The molecule has 11 N–H and O–H groups in total. The number of carbonyl (C=O) groups excluding carboxylic acids is 1. The maximum absolute atomic E-state index is 12.7. The molecule has 14 atom stereocenters. The zero-order chi connectivity index (χ0) is 38.6. The van der Waals surface area contributed by atoms with Gasteiger partial charge in [-0.1, -0.05) is 12.1 Å². The average molecular weight is 757 g/mol. The molecule has 3 aliphatic rings. The number of phenols is 4. The average Bonchev–Trinajstić information content (AvgIpc) is 3.13. The number of ether oxygens (including phenoxy) is 7. The third-order valence-corrected chi connectivity index (χ3v) is 8.98. The lowest BCUT2D eigenvalue weighted by molar-refractivity contribution is -0.385. The number of aliphatic hydroxyl groups is 7. The number of hydrogen-bond acceptors (Lipinski definition) is 19. The minimum atomic E-state index is -1.85. The quantitative estimate of drug-likeness (QED) is 0.0603. The number of phenolic OH excluding ortho intramolecular Hbond substituents is 4. The standard InChI is InChI=1S/C34H44O19/c1-14-24(41)27(44)29(46)33(50-14)52-30-26(43)22(13-48-23(40)7-4-15-2-5-17(35)19(37)10-15)51-34(47-9-8-16-3-6-18(36)20(38)11-16)31(30)53-32-28(45)25(42)21(39)12-49-32/h2-7,10-11,14,21-22,24-39,41-46H,8-9,12-13H2,1H3/b7-4+/t14-,21+,22+,24-,25+,26+,27+,28-,29+,30-,31+,32+,33-,34+/m0/s1. The monoisotopic (exact) mass is 756 g/mol. The fraction of sp³-hybridized carbons (Fsp3) is 0.559. The molecular weight excluding hydrogens is 712 g/mol. The van der Waals surface area contributed by atoms with E-state index in [4.69, 9.17) is 33.2 Å². The van der Waals surface area contributed by atoms with Gasteiger partial charge < -0.3 is 89.3 Å². The smallest absolute Gasteiger partial charge is 0.330 e. The number of carbonyl (C=O) groups is 1. The third kappa shape index (κ3) is 9.72. The molecule has 5 rings (SSSR count). The molecule has 3 fully saturated rings. The molecule has 0 aromatic heterocycles. The summed E-state index contributed by atoms with van der Waals surface area (Å²) in [6.45, 7) is 0.114. The molecule has 0 unspecified atom stereocenters. The molecule has 3 heterocycles. The zero-order valence-corrected chi connectivity index (χ0v) is 28.2. The van der Waals surface area contributed by atoms with Gasteiger partial charge in [-0.3, -0.25) is 0 Å². The highest BCUT2D eigenvalue weighted by molar-refractivity contribution is 5.87. The summed E-state index contributed by atoms with van der Waals surface area (Å²) in [6.07, 6.45) is -20.2. The molecule has 2 aromatic rings. The van der Waals surface area contributed by atoms with Crippen LogP contribution in [-0.2, 0) is 44.4 Å². The summed E-state index contributed by atoms with van der Waals surface area (Å²) in [5.41, 5.74) is 0.858. The Morgan fingerprint density at radius 3 is 2.09 bits per heavy atom. The molecule has 0 amide bonds. The van der Waals surface area contributed by atoms with Crippen LogP contribution in [-0.4, -0.2) is 168 Å². The summed E-state index contributed by atoms with van der Waals surface area (Å²) in [7, 11) is 0. The summed E-state index contributed by atoms with van der Waals surface area (Å²) in [6, 6.07) is 7.90. The Balaban J connectivity index is 1.40. The molecular formula is C34H44O19. The van der Waals surface area contributed by atoms with Crippen LogP contribution in [0.3, 0.4) is 0 Å². The topological polar surface area (TPSA) is 304 Å². The molecule has 3 saturated heterocycles. The zero-order valence-electron chi connectivity index (χ0n) is 28.2. The van der Waals surface area contributed by atoms with Crippen LogP contribution in [0, 0.1) is 0 Å². The van der Waals surface area contributed by atoms with E-state index in [9.17, 15) is 61.0 Å².